The zero-order chi connectivity index (χ0) is 16.7. The molecular weight excluding hydrogens is 296 g/mol. The van der Waals surface area contributed by atoms with Gasteiger partial charge in [0.15, 0.2) is 6.33 Å². The molecule has 7 nitrogen and oxygen atoms in total. The minimum Gasteiger partial charge on any atom is -0.444 e. The van der Waals surface area contributed by atoms with Gasteiger partial charge in [0.1, 0.15) is 5.60 Å². The van der Waals surface area contributed by atoms with Crippen LogP contribution in [0.1, 0.15) is 52.3 Å². The molecule has 1 amide bonds. The number of alkyl carbamates (subject to hydrolysis) is 1. The summed E-state index contributed by atoms with van der Waals surface area (Å²) < 4.78 is 10.3. The number of ether oxygens (including phenoxy) is 1. The summed E-state index contributed by atoms with van der Waals surface area (Å²) in [5.74, 6) is 1.08. The first-order chi connectivity index (χ1) is 10.9. The van der Waals surface area contributed by atoms with Crippen LogP contribution < -0.4 is 10.6 Å². The molecule has 2 atom stereocenters. The van der Waals surface area contributed by atoms with Crippen molar-refractivity contribution in [3.63, 3.8) is 0 Å². The zero-order valence-corrected chi connectivity index (χ0v) is 14.3. The number of carbonyl (C=O) groups is 1. The maximum atomic E-state index is 11.8. The van der Waals surface area contributed by atoms with Gasteiger partial charge in [0, 0.05) is 25.6 Å². The van der Waals surface area contributed by atoms with E-state index in [0.29, 0.717) is 24.4 Å². The van der Waals surface area contributed by atoms with E-state index in [4.69, 9.17) is 9.26 Å². The first-order valence-electron chi connectivity index (χ1n) is 8.40. The fourth-order valence-electron chi connectivity index (χ4n) is 2.92. The number of aromatic nitrogens is 2. The Morgan fingerprint density at radius 2 is 2.17 bits per heavy atom. The van der Waals surface area contributed by atoms with Gasteiger partial charge >= 0.3 is 6.09 Å². The van der Waals surface area contributed by atoms with Gasteiger partial charge in [-0.25, -0.2) is 4.79 Å². The molecule has 1 saturated carbocycles. The van der Waals surface area contributed by atoms with E-state index in [1.165, 1.54) is 19.2 Å². The second-order valence-corrected chi connectivity index (χ2v) is 7.07. The first kappa shape index (κ1) is 17.7. The highest BCUT2D eigenvalue weighted by atomic mass is 16.6. The van der Waals surface area contributed by atoms with Crippen molar-refractivity contribution in [2.75, 3.05) is 13.1 Å². The Balaban J connectivity index is 1.73. The number of rotatable bonds is 6. The fourth-order valence-corrected chi connectivity index (χ4v) is 2.92. The molecule has 130 valence electrons. The van der Waals surface area contributed by atoms with Crippen LogP contribution in [0.3, 0.4) is 0 Å². The Morgan fingerprint density at radius 3 is 2.87 bits per heavy atom. The Bertz CT molecular complexity index is 470. The third-order valence-electron chi connectivity index (χ3n) is 3.97. The molecule has 1 aromatic rings. The Hall–Kier alpha value is -1.63. The predicted molar refractivity (Wildman–Crippen MR) is 86.0 cm³/mol. The number of hydrogen-bond donors (Lipinski definition) is 2. The van der Waals surface area contributed by atoms with E-state index in [0.717, 1.165) is 25.8 Å². The van der Waals surface area contributed by atoms with E-state index in [2.05, 4.69) is 20.8 Å². The van der Waals surface area contributed by atoms with Crippen LogP contribution in [0.2, 0.25) is 0 Å². The number of nitrogens with one attached hydrogen (secondary N) is 2. The number of carbonyl (C=O) groups excluding carboxylic acids is 1. The van der Waals surface area contributed by atoms with E-state index >= 15 is 0 Å². The topological polar surface area (TPSA) is 89.3 Å². The van der Waals surface area contributed by atoms with Crippen molar-refractivity contribution < 1.29 is 14.1 Å². The highest BCUT2D eigenvalue weighted by molar-refractivity contribution is 5.67. The monoisotopic (exact) mass is 324 g/mol. The van der Waals surface area contributed by atoms with Crippen molar-refractivity contribution in [2.45, 2.75) is 64.5 Å². The number of hydrogen-bond acceptors (Lipinski definition) is 6. The first-order valence-corrected chi connectivity index (χ1v) is 8.40. The van der Waals surface area contributed by atoms with Crippen LogP contribution in [0, 0.1) is 5.92 Å². The van der Waals surface area contributed by atoms with Gasteiger partial charge in [0.05, 0.1) is 0 Å². The summed E-state index contributed by atoms with van der Waals surface area (Å²) in [6.07, 6.45) is 6.49. The number of nitrogens with zero attached hydrogens (tertiary/aromatic N) is 2. The Labute approximate surface area is 137 Å². The lowest BCUT2D eigenvalue weighted by Crippen LogP contribution is -2.45. The molecule has 7 heteroatoms. The fraction of sp³-hybridized carbons (Fsp3) is 0.812. The van der Waals surface area contributed by atoms with Crippen molar-refractivity contribution in [2.24, 2.45) is 5.92 Å². The summed E-state index contributed by atoms with van der Waals surface area (Å²) in [7, 11) is 0. The summed E-state index contributed by atoms with van der Waals surface area (Å²) in [6.45, 7) is 7.06. The van der Waals surface area contributed by atoms with Crippen molar-refractivity contribution in [1.29, 1.82) is 0 Å². The SMILES string of the molecule is CC(C)(C)OC(=O)NCC1CCCCC1NCCc1ncno1. The largest absolute Gasteiger partial charge is 0.444 e. The van der Waals surface area contributed by atoms with Crippen LogP contribution in [0.25, 0.3) is 0 Å². The smallest absolute Gasteiger partial charge is 0.407 e. The molecule has 1 aliphatic carbocycles. The highest BCUT2D eigenvalue weighted by Crippen LogP contribution is 2.24. The van der Waals surface area contributed by atoms with Gasteiger partial charge in [-0.15, -0.1) is 0 Å². The molecule has 0 aromatic carbocycles. The molecule has 2 rings (SSSR count). The van der Waals surface area contributed by atoms with Crippen LogP contribution in [-0.4, -0.2) is 41.0 Å². The lowest BCUT2D eigenvalue weighted by atomic mass is 9.84. The van der Waals surface area contributed by atoms with Crippen LogP contribution in [0.4, 0.5) is 4.79 Å². The maximum Gasteiger partial charge on any atom is 0.407 e. The van der Waals surface area contributed by atoms with Gasteiger partial charge < -0.3 is 19.9 Å². The summed E-state index contributed by atoms with van der Waals surface area (Å²) in [6, 6.07) is 0.404. The van der Waals surface area contributed by atoms with E-state index in [1.54, 1.807) is 0 Å². The normalized spacial score (nSPS) is 21.9. The predicted octanol–water partition coefficient (Wildman–Crippen LogP) is 2.29. The molecule has 0 spiro atoms. The van der Waals surface area contributed by atoms with Gasteiger partial charge in [0.2, 0.25) is 5.89 Å². The van der Waals surface area contributed by atoms with Crippen LogP contribution in [0.15, 0.2) is 10.9 Å². The molecular formula is C16H28N4O3. The molecule has 0 radical (unpaired) electrons. The van der Waals surface area contributed by atoms with Crippen molar-refractivity contribution in [3.8, 4) is 0 Å². The third-order valence-corrected chi connectivity index (χ3v) is 3.97. The summed E-state index contributed by atoms with van der Waals surface area (Å²) in [5, 5.41) is 10.1. The average molecular weight is 324 g/mol. The molecule has 1 aliphatic rings. The van der Waals surface area contributed by atoms with E-state index in [9.17, 15) is 4.79 Å². The average Bonchev–Trinajstić information content (AvgIpc) is 2.98. The minimum absolute atomic E-state index is 0.340. The van der Waals surface area contributed by atoms with Crippen LogP contribution in [-0.2, 0) is 11.2 Å². The van der Waals surface area contributed by atoms with Crippen molar-refractivity contribution in [1.82, 2.24) is 20.8 Å². The van der Waals surface area contributed by atoms with E-state index in [1.807, 2.05) is 20.8 Å². The molecule has 0 aliphatic heterocycles. The Morgan fingerprint density at radius 1 is 1.39 bits per heavy atom. The van der Waals surface area contributed by atoms with Gasteiger partial charge in [0.25, 0.3) is 0 Å². The van der Waals surface area contributed by atoms with E-state index in [-0.39, 0.29) is 6.09 Å². The van der Waals surface area contributed by atoms with Crippen LogP contribution >= 0.6 is 0 Å². The summed E-state index contributed by atoms with van der Waals surface area (Å²) >= 11 is 0. The van der Waals surface area contributed by atoms with Gasteiger partial charge in [-0.1, -0.05) is 18.0 Å². The maximum absolute atomic E-state index is 11.8. The summed E-state index contributed by atoms with van der Waals surface area (Å²) in [4.78, 5) is 15.8. The van der Waals surface area contributed by atoms with Crippen molar-refractivity contribution >= 4 is 6.09 Å². The van der Waals surface area contributed by atoms with Gasteiger partial charge in [-0.3, -0.25) is 0 Å². The third kappa shape index (κ3) is 6.56. The van der Waals surface area contributed by atoms with E-state index < -0.39 is 5.60 Å². The highest BCUT2D eigenvalue weighted by Gasteiger charge is 2.26. The molecule has 1 heterocycles. The second kappa shape index (κ2) is 8.29. The van der Waals surface area contributed by atoms with Gasteiger partial charge in [-0.2, -0.15) is 4.98 Å². The second-order valence-electron chi connectivity index (χ2n) is 7.07. The molecule has 1 fully saturated rings. The summed E-state index contributed by atoms with van der Waals surface area (Å²) in [5.41, 5.74) is -0.460. The standard InChI is InChI=1S/C16H28N4O3/c1-16(2,3)22-15(21)18-10-12-6-4-5-7-13(12)17-9-8-14-19-11-20-23-14/h11-13,17H,4-10H2,1-3H3,(H,18,21). The molecule has 2 unspecified atom stereocenters. The van der Waals surface area contributed by atoms with Gasteiger partial charge in [-0.05, 0) is 39.5 Å². The lowest BCUT2D eigenvalue weighted by Gasteiger charge is -2.32. The molecule has 1 aromatic heterocycles. The molecule has 0 bridgehead atoms. The molecule has 0 saturated heterocycles. The number of amides is 1. The minimum atomic E-state index is -0.460. The molecule has 23 heavy (non-hydrogen) atoms. The lowest BCUT2D eigenvalue weighted by molar-refractivity contribution is 0.0510. The molecule has 2 N–H and O–H groups in total. The van der Waals surface area contributed by atoms with Crippen molar-refractivity contribution in [3.05, 3.63) is 12.2 Å². The Kier molecular flexibility index (Phi) is 6.38. The quantitative estimate of drug-likeness (QED) is 0.834. The zero-order valence-electron chi connectivity index (χ0n) is 14.3. The van der Waals surface area contributed by atoms with Crippen LogP contribution in [0.5, 0.6) is 0 Å².